The van der Waals surface area contributed by atoms with Gasteiger partial charge in [0.1, 0.15) is 24.2 Å². The van der Waals surface area contributed by atoms with Crippen molar-refractivity contribution in [2.45, 2.75) is 51.7 Å². The van der Waals surface area contributed by atoms with Crippen molar-refractivity contribution in [3.63, 3.8) is 0 Å². The van der Waals surface area contributed by atoms with Gasteiger partial charge >= 0.3 is 5.97 Å². The van der Waals surface area contributed by atoms with Crippen LogP contribution in [0.15, 0.2) is 60.7 Å². The summed E-state index contributed by atoms with van der Waals surface area (Å²) in [5, 5.41) is 0. The van der Waals surface area contributed by atoms with Crippen LogP contribution in [0, 0.1) is 11.8 Å². The lowest BCUT2D eigenvalue weighted by atomic mass is 9.96. The highest BCUT2D eigenvalue weighted by Gasteiger charge is 2.22. The summed E-state index contributed by atoms with van der Waals surface area (Å²) in [6.07, 6.45) is 2.27. The Kier molecular flexibility index (Phi) is 8.93. The van der Waals surface area contributed by atoms with E-state index in [0.29, 0.717) is 13.2 Å². The molecule has 2 atom stereocenters. The molecule has 1 saturated heterocycles. The number of anilines is 1. The van der Waals surface area contributed by atoms with Gasteiger partial charge in [-0.2, -0.15) is 0 Å². The normalized spacial score (nSPS) is 16.6. The third kappa shape index (κ3) is 6.43. The van der Waals surface area contributed by atoms with Crippen molar-refractivity contribution in [1.82, 2.24) is 0 Å². The van der Waals surface area contributed by atoms with E-state index in [4.69, 9.17) is 18.9 Å². The fourth-order valence-corrected chi connectivity index (χ4v) is 5.42. The Hall–Kier alpha value is -3.95. The maximum atomic E-state index is 11.8. The second-order valence-corrected chi connectivity index (χ2v) is 10.2. The van der Waals surface area contributed by atoms with Crippen LogP contribution in [0.1, 0.15) is 49.3 Å². The molecule has 2 aliphatic heterocycles. The van der Waals surface area contributed by atoms with Crippen molar-refractivity contribution >= 4 is 11.7 Å². The van der Waals surface area contributed by atoms with Gasteiger partial charge in [0, 0.05) is 30.8 Å². The molecule has 208 valence electrons. The van der Waals surface area contributed by atoms with Gasteiger partial charge in [-0.1, -0.05) is 30.2 Å². The number of esters is 1. The number of likely N-dealkylation sites (N-methyl/N-ethyl adjacent to an activating group) is 1. The van der Waals surface area contributed by atoms with E-state index < -0.39 is 0 Å². The summed E-state index contributed by atoms with van der Waals surface area (Å²) in [6, 6.07) is 20.9. The molecule has 6 heteroatoms. The summed E-state index contributed by atoms with van der Waals surface area (Å²) in [6.45, 7) is 7.79. The Bertz CT molecular complexity index is 1380. The van der Waals surface area contributed by atoms with Crippen LogP contribution in [-0.4, -0.2) is 45.5 Å². The Morgan fingerprint density at radius 2 is 1.90 bits per heavy atom. The molecule has 0 aliphatic carbocycles. The second kappa shape index (κ2) is 12.9. The lowest BCUT2D eigenvalue weighted by Gasteiger charge is -2.23. The van der Waals surface area contributed by atoms with E-state index in [0.717, 1.165) is 55.2 Å². The third-order valence-electron chi connectivity index (χ3n) is 7.60. The standard InChI is InChI=1S/C34H37NO5/c1-4-6-26(21-34(36)37-3)25-8-10-28(11-9-25)39-22-24-7-14-33-32(19-24)31-13-12-29(40-30-16-18-38-23-30)20-27(31)15-17-35(33)5-2/h7-14,19-20,26,30H,5,15-18,21-23H2,1-3H3/t26?,30-/m1/s1. The van der Waals surface area contributed by atoms with Crippen molar-refractivity contribution in [3.05, 3.63) is 77.4 Å². The molecule has 2 heterocycles. The maximum Gasteiger partial charge on any atom is 0.307 e. The first-order valence-corrected chi connectivity index (χ1v) is 14.0. The van der Waals surface area contributed by atoms with Crippen LogP contribution in [-0.2, 0) is 27.3 Å². The quantitative estimate of drug-likeness (QED) is 0.240. The molecule has 5 rings (SSSR count). The smallest absolute Gasteiger partial charge is 0.307 e. The molecule has 0 bridgehead atoms. The zero-order chi connectivity index (χ0) is 27.9. The van der Waals surface area contributed by atoms with Gasteiger partial charge in [-0.05, 0) is 78.9 Å². The van der Waals surface area contributed by atoms with Gasteiger partial charge in [0.2, 0.25) is 0 Å². The first-order chi connectivity index (χ1) is 19.6. The highest BCUT2D eigenvalue weighted by atomic mass is 16.5. The Balaban J connectivity index is 1.33. The zero-order valence-corrected chi connectivity index (χ0v) is 23.6. The minimum Gasteiger partial charge on any atom is -0.489 e. The number of hydrogen-bond acceptors (Lipinski definition) is 6. The highest BCUT2D eigenvalue weighted by molar-refractivity contribution is 5.83. The molecule has 1 fully saturated rings. The molecule has 0 amide bonds. The maximum absolute atomic E-state index is 11.8. The van der Waals surface area contributed by atoms with Crippen molar-refractivity contribution in [1.29, 1.82) is 0 Å². The minimum absolute atomic E-state index is 0.138. The first kappa shape index (κ1) is 27.6. The average molecular weight is 540 g/mol. The van der Waals surface area contributed by atoms with Crippen LogP contribution in [0.3, 0.4) is 0 Å². The Morgan fingerprint density at radius 1 is 1.07 bits per heavy atom. The number of carbonyl (C=O) groups excluding carboxylic acids is 1. The van der Waals surface area contributed by atoms with Crippen LogP contribution in [0.4, 0.5) is 5.69 Å². The predicted octanol–water partition coefficient (Wildman–Crippen LogP) is 6.15. The summed E-state index contributed by atoms with van der Waals surface area (Å²) in [7, 11) is 1.40. The fourth-order valence-electron chi connectivity index (χ4n) is 5.42. The monoisotopic (exact) mass is 539 g/mol. The van der Waals surface area contributed by atoms with Gasteiger partial charge in [0.05, 0.1) is 32.7 Å². The number of benzene rings is 3. The van der Waals surface area contributed by atoms with Gasteiger partial charge in [-0.3, -0.25) is 4.79 Å². The Labute approximate surface area is 237 Å². The molecular weight excluding hydrogens is 502 g/mol. The van der Waals surface area contributed by atoms with Crippen molar-refractivity contribution < 1.29 is 23.7 Å². The van der Waals surface area contributed by atoms with Gasteiger partial charge in [-0.25, -0.2) is 0 Å². The van der Waals surface area contributed by atoms with Gasteiger partial charge in [0.25, 0.3) is 0 Å². The van der Waals surface area contributed by atoms with E-state index in [-0.39, 0.29) is 24.4 Å². The lowest BCUT2D eigenvalue weighted by molar-refractivity contribution is -0.140. The van der Waals surface area contributed by atoms with Crippen LogP contribution in [0.2, 0.25) is 0 Å². The van der Waals surface area contributed by atoms with Gasteiger partial charge < -0.3 is 23.8 Å². The van der Waals surface area contributed by atoms with Gasteiger partial charge in [0.15, 0.2) is 0 Å². The number of nitrogens with zero attached hydrogens (tertiary/aromatic N) is 1. The lowest BCUT2D eigenvalue weighted by Crippen LogP contribution is -2.24. The average Bonchev–Trinajstić information content (AvgIpc) is 3.44. The molecule has 0 spiro atoms. The number of rotatable bonds is 9. The molecule has 40 heavy (non-hydrogen) atoms. The summed E-state index contributed by atoms with van der Waals surface area (Å²) < 4.78 is 22.7. The fraction of sp³-hybridized carbons (Fsp3) is 0.382. The first-order valence-electron chi connectivity index (χ1n) is 14.0. The van der Waals surface area contributed by atoms with E-state index in [9.17, 15) is 4.79 Å². The van der Waals surface area contributed by atoms with Crippen LogP contribution in [0.25, 0.3) is 11.1 Å². The summed E-state index contributed by atoms with van der Waals surface area (Å²) >= 11 is 0. The molecule has 0 N–H and O–H groups in total. The van der Waals surface area contributed by atoms with E-state index in [2.05, 4.69) is 60.1 Å². The molecule has 6 nitrogen and oxygen atoms in total. The van der Waals surface area contributed by atoms with Crippen LogP contribution < -0.4 is 14.4 Å². The number of carbonyl (C=O) groups is 1. The summed E-state index contributed by atoms with van der Waals surface area (Å²) in [5.41, 5.74) is 7.11. The molecule has 0 aromatic heterocycles. The zero-order valence-electron chi connectivity index (χ0n) is 23.6. The van der Waals surface area contributed by atoms with E-state index >= 15 is 0 Å². The topological polar surface area (TPSA) is 57.2 Å². The molecule has 3 aromatic rings. The van der Waals surface area contributed by atoms with Crippen LogP contribution in [0.5, 0.6) is 11.5 Å². The van der Waals surface area contributed by atoms with Crippen molar-refractivity contribution in [2.24, 2.45) is 0 Å². The second-order valence-electron chi connectivity index (χ2n) is 10.2. The van der Waals surface area contributed by atoms with Gasteiger partial charge in [-0.15, -0.1) is 5.92 Å². The summed E-state index contributed by atoms with van der Waals surface area (Å²) in [5.74, 6) is 7.24. The highest BCUT2D eigenvalue weighted by Crippen LogP contribution is 2.39. The molecule has 3 aromatic carbocycles. The van der Waals surface area contributed by atoms with E-state index in [1.54, 1.807) is 6.92 Å². The largest absolute Gasteiger partial charge is 0.489 e. The molecule has 0 radical (unpaired) electrons. The molecule has 0 saturated carbocycles. The minimum atomic E-state index is -0.272. The van der Waals surface area contributed by atoms with Crippen molar-refractivity contribution in [3.8, 4) is 34.5 Å². The number of methoxy groups -OCH3 is 1. The number of ether oxygens (including phenoxy) is 4. The molecular formula is C34H37NO5. The Morgan fingerprint density at radius 3 is 2.62 bits per heavy atom. The SMILES string of the molecule is CC#CC(CC(=O)OC)c1ccc(OCc2ccc3c(c2)-c2ccc(O[C@@H]4CCOC4)cc2CCN3CC)cc1. The third-order valence-corrected chi connectivity index (χ3v) is 7.60. The predicted molar refractivity (Wildman–Crippen MR) is 157 cm³/mol. The van der Waals surface area contributed by atoms with Crippen molar-refractivity contribution in [2.75, 3.05) is 38.3 Å². The molecule has 2 aliphatic rings. The van der Waals surface area contributed by atoms with E-state index in [1.807, 2.05) is 24.3 Å². The molecule has 1 unspecified atom stereocenters. The summed E-state index contributed by atoms with van der Waals surface area (Å²) in [4.78, 5) is 14.2. The number of hydrogen-bond donors (Lipinski definition) is 0. The number of fused-ring (bicyclic) bond motifs is 3. The van der Waals surface area contributed by atoms with Crippen LogP contribution >= 0.6 is 0 Å². The van der Waals surface area contributed by atoms with E-state index in [1.165, 1.54) is 29.5 Å².